The van der Waals surface area contributed by atoms with Gasteiger partial charge in [0.05, 0.1) is 18.9 Å². The molecule has 8 nitrogen and oxygen atoms in total. The Balaban J connectivity index is 1.15. The number of rotatable bonds is 11. The molecule has 0 radical (unpaired) electrons. The number of carbonyl (C=O) groups is 2. The number of benzene rings is 2. The van der Waals surface area contributed by atoms with Gasteiger partial charge in [0.15, 0.2) is 6.61 Å². The van der Waals surface area contributed by atoms with Gasteiger partial charge in [-0.2, -0.15) is 0 Å². The summed E-state index contributed by atoms with van der Waals surface area (Å²) in [7, 11) is 0. The number of aryl methyl sites for hydroxylation is 1. The molecule has 1 saturated heterocycles. The number of unbranched alkanes of at least 4 members (excludes halogenated alkanes) is 1. The molecule has 0 saturated carbocycles. The van der Waals surface area contributed by atoms with Gasteiger partial charge in [-0.15, -0.1) is 0 Å². The van der Waals surface area contributed by atoms with Crippen LogP contribution in [0.5, 0.6) is 11.5 Å². The fourth-order valence-electron chi connectivity index (χ4n) is 4.46. The lowest BCUT2D eigenvalue weighted by Gasteiger charge is -2.36. The first-order valence-corrected chi connectivity index (χ1v) is 12.5. The van der Waals surface area contributed by atoms with E-state index >= 15 is 0 Å². The molecular formula is C27H35N3O5. The van der Waals surface area contributed by atoms with Crippen molar-refractivity contribution in [2.24, 2.45) is 0 Å². The molecule has 0 spiro atoms. The second kappa shape index (κ2) is 12.4. The minimum absolute atomic E-state index is 0.0717. The first-order valence-electron chi connectivity index (χ1n) is 12.5. The Labute approximate surface area is 207 Å². The molecule has 4 rings (SSSR count). The third-order valence-corrected chi connectivity index (χ3v) is 6.34. The number of fused-ring (bicyclic) bond motifs is 1. The third kappa shape index (κ3) is 7.11. The predicted molar refractivity (Wildman–Crippen MR) is 135 cm³/mol. The van der Waals surface area contributed by atoms with Crippen LogP contribution in [0.3, 0.4) is 0 Å². The standard InChI is InChI=1S/C27H35N3O5/c1-2-33-27(32)20-35-25-8-4-3-7-24(25)30-16-14-29(15-17-30)13-5-6-18-34-22-11-9-21-10-12-26(31)28-23(21)19-22/h3-4,7-9,11,19H,2,5-6,10,12-18,20H2,1H3,(H,28,31). The van der Waals surface area contributed by atoms with E-state index in [4.69, 9.17) is 14.2 Å². The third-order valence-electron chi connectivity index (χ3n) is 6.34. The summed E-state index contributed by atoms with van der Waals surface area (Å²) in [5.41, 5.74) is 3.07. The number of para-hydroxylation sites is 2. The van der Waals surface area contributed by atoms with Gasteiger partial charge in [0, 0.05) is 44.4 Å². The lowest BCUT2D eigenvalue weighted by atomic mass is 10.0. The summed E-state index contributed by atoms with van der Waals surface area (Å²) in [6.07, 6.45) is 3.40. The normalized spacial score (nSPS) is 15.8. The molecule has 2 aliphatic heterocycles. The quantitative estimate of drug-likeness (QED) is 0.389. The van der Waals surface area contributed by atoms with Gasteiger partial charge in [-0.1, -0.05) is 18.2 Å². The number of esters is 1. The molecule has 2 aromatic carbocycles. The molecule has 188 valence electrons. The molecule has 1 fully saturated rings. The van der Waals surface area contributed by atoms with Gasteiger partial charge in [0.25, 0.3) is 0 Å². The Morgan fingerprint density at radius 2 is 1.83 bits per heavy atom. The fraction of sp³-hybridized carbons (Fsp3) is 0.481. The second-order valence-corrected chi connectivity index (χ2v) is 8.81. The number of nitrogens with one attached hydrogen (secondary N) is 1. The predicted octanol–water partition coefficient (Wildman–Crippen LogP) is 3.49. The molecule has 0 bridgehead atoms. The van der Waals surface area contributed by atoms with Gasteiger partial charge in [0.2, 0.25) is 5.91 Å². The highest BCUT2D eigenvalue weighted by atomic mass is 16.6. The van der Waals surface area contributed by atoms with Crippen LogP contribution >= 0.6 is 0 Å². The summed E-state index contributed by atoms with van der Waals surface area (Å²) >= 11 is 0. The Hall–Kier alpha value is -3.26. The zero-order chi connectivity index (χ0) is 24.5. The maximum atomic E-state index is 11.7. The molecule has 0 atom stereocenters. The van der Waals surface area contributed by atoms with Gasteiger partial charge >= 0.3 is 5.97 Å². The number of anilines is 2. The van der Waals surface area contributed by atoms with Crippen LogP contribution in [0.15, 0.2) is 42.5 Å². The maximum Gasteiger partial charge on any atom is 0.344 e. The van der Waals surface area contributed by atoms with Crippen molar-refractivity contribution in [1.29, 1.82) is 0 Å². The maximum absolute atomic E-state index is 11.7. The summed E-state index contributed by atoms with van der Waals surface area (Å²) in [6.45, 7) is 7.56. The van der Waals surface area contributed by atoms with Crippen molar-refractivity contribution in [3.63, 3.8) is 0 Å². The number of piperazine rings is 1. The molecular weight excluding hydrogens is 446 g/mol. The SMILES string of the molecule is CCOC(=O)COc1ccccc1N1CCN(CCCCOc2ccc3c(c2)NC(=O)CC3)CC1. The van der Waals surface area contributed by atoms with Crippen molar-refractivity contribution in [3.8, 4) is 11.5 Å². The summed E-state index contributed by atoms with van der Waals surface area (Å²) in [5, 5.41) is 2.92. The van der Waals surface area contributed by atoms with Crippen molar-refractivity contribution < 1.29 is 23.8 Å². The fourth-order valence-corrected chi connectivity index (χ4v) is 4.46. The number of hydrogen-bond donors (Lipinski definition) is 1. The van der Waals surface area contributed by atoms with E-state index in [0.29, 0.717) is 25.4 Å². The molecule has 35 heavy (non-hydrogen) atoms. The highest BCUT2D eigenvalue weighted by Crippen LogP contribution is 2.29. The van der Waals surface area contributed by atoms with Crippen LogP contribution in [-0.4, -0.2) is 69.3 Å². The van der Waals surface area contributed by atoms with Crippen LogP contribution in [0.2, 0.25) is 0 Å². The van der Waals surface area contributed by atoms with E-state index in [0.717, 1.165) is 69.1 Å². The van der Waals surface area contributed by atoms with E-state index < -0.39 is 0 Å². The van der Waals surface area contributed by atoms with Gasteiger partial charge in [-0.05, 0) is 56.5 Å². The molecule has 2 aliphatic rings. The Bertz CT molecular complexity index is 1000. The van der Waals surface area contributed by atoms with Crippen LogP contribution < -0.4 is 19.7 Å². The minimum atomic E-state index is -0.352. The molecule has 0 unspecified atom stereocenters. The van der Waals surface area contributed by atoms with Crippen molar-refractivity contribution in [3.05, 3.63) is 48.0 Å². The minimum Gasteiger partial charge on any atom is -0.494 e. The molecule has 1 amide bonds. The number of amides is 1. The Morgan fingerprint density at radius 1 is 1.00 bits per heavy atom. The van der Waals surface area contributed by atoms with E-state index in [1.54, 1.807) is 6.92 Å². The first-order chi connectivity index (χ1) is 17.1. The summed E-state index contributed by atoms with van der Waals surface area (Å²) in [4.78, 5) is 28.0. The summed E-state index contributed by atoms with van der Waals surface area (Å²) in [5.74, 6) is 1.24. The van der Waals surface area contributed by atoms with E-state index in [1.165, 1.54) is 5.56 Å². The van der Waals surface area contributed by atoms with Gasteiger partial charge < -0.3 is 24.4 Å². The Morgan fingerprint density at radius 3 is 2.66 bits per heavy atom. The zero-order valence-corrected chi connectivity index (χ0v) is 20.5. The topological polar surface area (TPSA) is 80.3 Å². The van der Waals surface area contributed by atoms with E-state index in [9.17, 15) is 9.59 Å². The van der Waals surface area contributed by atoms with Gasteiger partial charge in [0.1, 0.15) is 11.5 Å². The molecule has 2 aromatic rings. The monoisotopic (exact) mass is 481 g/mol. The van der Waals surface area contributed by atoms with E-state index in [1.807, 2.05) is 42.5 Å². The van der Waals surface area contributed by atoms with Gasteiger partial charge in [-0.3, -0.25) is 9.69 Å². The van der Waals surface area contributed by atoms with Crippen molar-refractivity contribution >= 4 is 23.3 Å². The Kier molecular flexibility index (Phi) is 8.84. The molecule has 8 heteroatoms. The first kappa shape index (κ1) is 24.9. The van der Waals surface area contributed by atoms with Crippen LogP contribution in [0.4, 0.5) is 11.4 Å². The average Bonchev–Trinajstić information content (AvgIpc) is 2.88. The second-order valence-electron chi connectivity index (χ2n) is 8.81. The lowest BCUT2D eigenvalue weighted by molar-refractivity contribution is -0.145. The average molecular weight is 482 g/mol. The van der Waals surface area contributed by atoms with Crippen molar-refractivity contribution in [2.75, 3.05) is 62.8 Å². The molecule has 0 aliphatic carbocycles. The van der Waals surface area contributed by atoms with Crippen LogP contribution in [-0.2, 0) is 20.7 Å². The highest BCUT2D eigenvalue weighted by molar-refractivity contribution is 5.94. The van der Waals surface area contributed by atoms with Gasteiger partial charge in [-0.25, -0.2) is 4.79 Å². The summed E-state index contributed by atoms with van der Waals surface area (Å²) < 4.78 is 16.6. The highest BCUT2D eigenvalue weighted by Gasteiger charge is 2.20. The number of nitrogens with zero attached hydrogens (tertiary/aromatic N) is 2. The van der Waals surface area contributed by atoms with E-state index in [-0.39, 0.29) is 18.5 Å². The van der Waals surface area contributed by atoms with Crippen molar-refractivity contribution in [1.82, 2.24) is 4.90 Å². The zero-order valence-electron chi connectivity index (χ0n) is 20.5. The lowest BCUT2D eigenvalue weighted by Crippen LogP contribution is -2.46. The number of hydrogen-bond acceptors (Lipinski definition) is 7. The molecule has 1 N–H and O–H groups in total. The largest absolute Gasteiger partial charge is 0.494 e. The molecule has 0 aromatic heterocycles. The van der Waals surface area contributed by atoms with Crippen LogP contribution in [0.1, 0.15) is 31.7 Å². The van der Waals surface area contributed by atoms with E-state index in [2.05, 4.69) is 15.1 Å². The van der Waals surface area contributed by atoms with Crippen molar-refractivity contribution in [2.45, 2.75) is 32.6 Å². The van der Waals surface area contributed by atoms with Crippen LogP contribution in [0.25, 0.3) is 0 Å². The van der Waals surface area contributed by atoms with Crippen LogP contribution in [0, 0.1) is 0 Å². The number of ether oxygens (including phenoxy) is 3. The molecule has 2 heterocycles. The smallest absolute Gasteiger partial charge is 0.344 e. The number of carbonyl (C=O) groups excluding carboxylic acids is 2. The summed E-state index contributed by atoms with van der Waals surface area (Å²) in [6, 6.07) is 13.8.